The summed E-state index contributed by atoms with van der Waals surface area (Å²) in [6.07, 6.45) is 1.78. The van der Waals surface area contributed by atoms with Gasteiger partial charge in [0.2, 0.25) is 0 Å². The molecule has 0 bridgehead atoms. The van der Waals surface area contributed by atoms with Gasteiger partial charge in [0, 0.05) is 24.8 Å². The zero-order valence-electron chi connectivity index (χ0n) is 14.3. The van der Waals surface area contributed by atoms with Crippen molar-refractivity contribution in [2.45, 2.75) is 59.1 Å². The summed E-state index contributed by atoms with van der Waals surface area (Å²) >= 11 is 0. The van der Waals surface area contributed by atoms with Gasteiger partial charge >= 0.3 is 6.09 Å². The summed E-state index contributed by atoms with van der Waals surface area (Å²) in [5.74, 6) is 0.913. The Kier molecular flexibility index (Phi) is 4.94. The van der Waals surface area contributed by atoms with E-state index in [2.05, 4.69) is 16.4 Å². The molecule has 1 aliphatic heterocycles. The average molecular weight is 305 g/mol. The highest BCUT2D eigenvalue weighted by atomic mass is 16.6. The fourth-order valence-corrected chi connectivity index (χ4v) is 2.55. The van der Waals surface area contributed by atoms with Crippen LogP contribution in [0, 0.1) is 13.8 Å². The molecule has 1 fully saturated rings. The summed E-state index contributed by atoms with van der Waals surface area (Å²) in [4.78, 5) is 18.5. The molecule has 2 rings (SSSR count). The maximum Gasteiger partial charge on any atom is 0.410 e. The van der Waals surface area contributed by atoms with Gasteiger partial charge in [0.1, 0.15) is 11.4 Å². The Morgan fingerprint density at radius 2 is 2.09 bits per heavy atom. The monoisotopic (exact) mass is 305 g/mol. The second kappa shape index (κ2) is 6.55. The molecular weight excluding hydrogens is 278 g/mol. The lowest BCUT2D eigenvalue weighted by Gasteiger charge is -2.34. The minimum Gasteiger partial charge on any atom is -0.444 e. The van der Waals surface area contributed by atoms with E-state index in [1.807, 2.05) is 40.7 Å². The van der Waals surface area contributed by atoms with Crippen LogP contribution in [0.2, 0.25) is 0 Å². The Bertz CT molecular complexity index is 537. The number of aryl methyl sites for hydroxylation is 2. The molecule has 2 heterocycles. The molecule has 5 nitrogen and oxygen atoms in total. The zero-order valence-corrected chi connectivity index (χ0v) is 14.3. The lowest BCUT2D eigenvalue weighted by molar-refractivity contribution is 0.0206. The molecule has 1 N–H and O–H groups in total. The minimum absolute atomic E-state index is 0.217. The number of hydrogen-bond donors (Lipinski definition) is 1. The van der Waals surface area contributed by atoms with Gasteiger partial charge in [-0.2, -0.15) is 0 Å². The highest BCUT2D eigenvalue weighted by molar-refractivity contribution is 5.68. The quantitative estimate of drug-likeness (QED) is 0.908. The van der Waals surface area contributed by atoms with Crippen molar-refractivity contribution in [1.82, 2.24) is 9.88 Å². The predicted molar refractivity (Wildman–Crippen MR) is 88.2 cm³/mol. The smallest absolute Gasteiger partial charge is 0.410 e. The number of anilines is 1. The van der Waals surface area contributed by atoms with Crippen molar-refractivity contribution >= 4 is 11.9 Å². The number of piperidine rings is 1. The molecule has 0 aromatic carbocycles. The molecule has 1 aromatic rings. The van der Waals surface area contributed by atoms with Crippen LogP contribution in [0.5, 0.6) is 0 Å². The molecule has 0 unspecified atom stereocenters. The van der Waals surface area contributed by atoms with E-state index in [4.69, 9.17) is 4.74 Å². The van der Waals surface area contributed by atoms with Crippen molar-refractivity contribution in [1.29, 1.82) is 0 Å². The molecule has 1 aromatic heterocycles. The minimum atomic E-state index is -0.452. The Morgan fingerprint density at radius 3 is 2.77 bits per heavy atom. The van der Waals surface area contributed by atoms with Gasteiger partial charge in [0.15, 0.2) is 0 Å². The van der Waals surface area contributed by atoms with E-state index in [0.29, 0.717) is 6.54 Å². The van der Waals surface area contributed by atoms with Gasteiger partial charge in [-0.1, -0.05) is 6.07 Å². The summed E-state index contributed by atoms with van der Waals surface area (Å²) in [5, 5.41) is 3.48. The van der Waals surface area contributed by atoms with E-state index in [1.165, 1.54) is 0 Å². The SMILES string of the molecule is Cc1ccc(C)c(N[C@@H]2CCCN(C(=O)OC(C)(C)C)C2)n1. The van der Waals surface area contributed by atoms with E-state index >= 15 is 0 Å². The van der Waals surface area contributed by atoms with Crippen LogP contribution in [0.15, 0.2) is 12.1 Å². The second-order valence-electron chi connectivity index (χ2n) is 7.03. The summed E-state index contributed by atoms with van der Waals surface area (Å²) in [7, 11) is 0. The van der Waals surface area contributed by atoms with Crippen molar-refractivity contribution in [3.63, 3.8) is 0 Å². The van der Waals surface area contributed by atoms with Gasteiger partial charge < -0.3 is 15.0 Å². The maximum absolute atomic E-state index is 12.2. The van der Waals surface area contributed by atoms with Gasteiger partial charge in [0.25, 0.3) is 0 Å². The third-order valence-electron chi connectivity index (χ3n) is 3.65. The van der Waals surface area contributed by atoms with E-state index in [-0.39, 0.29) is 12.1 Å². The van der Waals surface area contributed by atoms with Crippen molar-refractivity contribution in [2.75, 3.05) is 18.4 Å². The third-order valence-corrected chi connectivity index (χ3v) is 3.65. The van der Waals surface area contributed by atoms with Gasteiger partial charge in [-0.3, -0.25) is 0 Å². The largest absolute Gasteiger partial charge is 0.444 e. The van der Waals surface area contributed by atoms with Crippen LogP contribution < -0.4 is 5.32 Å². The first-order valence-electron chi connectivity index (χ1n) is 7.93. The second-order valence-corrected chi connectivity index (χ2v) is 7.03. The number of aromatic nitrogens is 1. The molecule has 22 heavy (non-hydrogen) atoms. The molecule has 1 atom stereocenters. The molecule has 1 aliphatic rings. The highest BCUT2D eigenvalue weighted by Crippen LogP contribution is 2.20. The zero-order chi connectivity index (χ0) is 16.3. The standard InChI is InChI=1S/C17H27N3O2/c1-12-8-9-13(2)18-15(12)19-14-7-6-10-20(11-14)16(21)22-17(3,4)5/h8-9,14H,6-7,10-11H2,1-5H3,(H,18,19)/t14-/m1/s1. The van der Waals surface area contributed by atoms with Crippen molar-refractivity contribution in [3.8, 4) is 0 Å². The number of carbonyl (C=O) groups excluding carboxylic acids is 1. The molecule has 122 valence electrons. The van der Waals surface area contributed by atoms with Crippen LogP contribution in [0.25, 0.3) is 0 Å². The number of hydrogen-bond acceptors (Lipinski definition) is 4. The first-order valence-corrected chi connectivity index (χ1v) is 7.93. The van der Waals surface area contributed by atoms with E-state index in [9.17, 15) is 4.79 Å². The number of nitrogens with one attached hydrogen (secondary N) is 1. The van der Waals surface area contributed by atoms with Crippen molar-refractivity contribution in [2.24, 2.45) is 0 Å². The molecule has 0 spiro atoms. The Hall–Kier alpha value is -1.78. The fraction of sp³-hybridized carbons (Fsp3) is 0.647. The average Bonchev–Trinajstić information content (AvgIpc) is 2.41. The predicted octanol–water partition coefficient (Wildman–Crippen LogP) is 3.51. The normalized spacial score (nSPS) is 19.0. The summed E-state index contributed by atoms with van der Waals surface area (Å²) in [6.45, 7) is 11.1. The molecule has 1 saturated heterocycles. The van der Waals surface area contributed by atoms with Crippen LogP contribution in [-0.2, 0) is 4.74 Å². The van der Waals surface area contributed by atoms with Crippen LogP contribution in [0.3, 0.4) is 0 Å². The van der Waals surface area contributed by atoms with E-state index < -0.39 is 5.60 Å². The molecular formula is C17H27N3O2. The number of ether oxygens (including phenoxy) is 1. The third kappa shape index (κ3) is 4.61. The topological polar surface area (TPSA) is 54.5 Å². The first-order chi connectivity index (χ1) is 10.2. The number of amides is 1. The fourth-order valence-electron chi connectivity index (χ4n) is 2.55. The number of likely N-dealkylation sites (tertiary alicyclic amines) is 1. The number of rotatable bonds is 2. The number of pyridine rings is 1. The van der Waals surface area contributed by atoms with Gasteiger partial charge in [-0.25, -0.2) is 9.78 Å². The Morgan fingerprint density at radius 1 is 1.36 bits per heavy atom. The number of nitrogens with zero attached hydrogens (tertiary/aromatic N) is 2. The van der Waals surface area contributed by atoms with Crippen molar-refractivity contribution in [3.05, 3.63) is 23.4 Å². The molecule has 0 radical (unpaired) electrons. The summed E-state index contributed by atoms with van der Waals surface area (Å²) in [5.41, 5.74) is 1.67. The summed E-state index contributed by atoms with van der Waals surface area (Å²) in [6, 6.07) is 4.29. The molecule has 5 heteroatoms. The lowest BCUT2D eigenvalue weighted by Crippen LogP contribution is -2.47. The molecule has 0 saturated carbocycles. The van der Waals surface area contributed by atoms with E-state index in [1.54, 1.807) is 4.90 Å². The Labute approximate surface area is 133 Å². The molecule has 1 amide bonds. The Balaban J connectivity index is 1.98. The van der Waals surface area contributed by atoms with Gasteiger partial charge in [-0.05, 0) is 59.1 Å². The summed E-state index contributed by atoms with van der Waals surface area (Å²) < 4.78 is 5.46. The van der Waals surface area contributed by atoms with Crippen LogP contribution in [0.1, 0.15) is 44.9 Å². The number of carbonyl (C=O) groups is 1. The van der Waals surface area contributed by atoms with Crippen LogP contribution in [-0.4, -0.2) is 40.7 Å². The first kappa shape index (κ1) is 16.6. The van der Waals surface area contributed by atoms with Gasteiger partial charge in [0.05, 0.1) is 0 Å². The van der Waals surface area contributed by atoms with Crippen molar-refractivity contribution < 1.29 is 9.53 Å². The van der Waals surface area contributed by atoms with Crippen LogP contribution in [0.4, 0.5) is 10.6 Å². The van der Waals surface area contributed by atoms with Gasteiger partial charge in [-0.15, -0.1) is 0 Å². The molecule has 0 aliphatic carbocycles. The maximum atomic E-state index is 12.2. The highest BCUT2D eigenvalue weighted by Gasteiger charge is 2.27. The van der Waals surface area contributed by atoms with E-state index in [0.717, 1.165) is 36.5 Å². The van der Waals surface area contributed by atoms with Crippen LogP contribution >= 0.6 is 0 Å². The lowest BCUT2D eigenvalue weighted by atomic mass is 10.1.